The van der Waals surface area contributed by atoms with E-state index in [0.717, 1.165) is 0 Å². The Bertz CT molecular complexity index is 1340. The smallest absolute Gasteiger partial charge is 0.410 e. The SMILES string of the molecule is CC(C)(C)OC(=O)N1CCN(S(=O)(=O)c2cc(Br)ccc2O)CC1.COc1ccc(Br)cc1S(=O)(=O)Cl. The van der Waals surface area contributed by atoms with Crippen LogP contribution >= 0.6 is 42.5 Å². The molecule has 2 aromatic rings. The van der Waals surface area contributed by atoms with Gasteiger partial charge in [-0.1, -0.05) is 31.9 Å². The number of halogens is 3. The molecule has 0 unspecified atom stereocenters. The molecule has 0 aromatic heterocycles. The fourth-order valence-electron chi connectivity index (χ4n) is 3.11. The van der Waals surface area contributed by atoms with Gasteiger partial charge in [0, 0.05) is 45.8 Å². The van der Waals surface area contributed by atoms with Crippen molar-refractivity contribution in [3.63, 3.8) is 0 Å². The van der Waals surface area contributed by atoms with Crippen molar-refractivity contribution in [1.29, 1.82) is 0 Å². The summed E-state index contributed by atoms with van der Waals surface area (Å²) < 4.78 is 60.0. The first kappa shape index (κ1) is 31.6. The van der Waals surface area contributed by atoms with Gasteiger partial charge in [-0.05, 0) is 57.2 Å². The lowest BCUT2D eigenvalue weighted by Crippen LogP contribution is -2.51. The number of phenols is 1. The van der Waals surface area contributed by atoms with Gasteiger partial charge < -0.3 is 19.5 Å². The highest BCUT2D eigenvalue weighted by Crippen LogP contribution is 2.30. The Labute approximate surface area is 238 Å². The van der Waals surface area contributed by atoms with E-state index in [0.29, 0.717) is 8.95 Å². The maximum atomic E-state index is 12.7. The van der Waals surface area contributed by atoms with Crippen LogP contribution in [0.1, 0.15) is 20.8 Å². The van der Waals surface area contributed by atoms with Crippen LogP contribution in [0.3, 0.4) is 0 Å². The number of piperazine rings is 1. The van der Waals surface area contributed by atoms with Crippen LogP contribution in [0.15, 0.2) is 55.1 Å². The zero-order valence-corrected chi connectivity index (χ0v) is 26.0. The fourth-order valence-corrected chi connectivity index (χ4v) is 6.69. The van der Waals surface area contributed by atoms with Crippen LogP contribution in [0.2, 0.25) is 0 Å². The van der Waals surface area contributed by atoms with E-state index in [1.54, 1.807) is 32.9 Å². The highest BCUT2D eigenvalue weighted by molar-refractivity contribution is 9.10. The molecule has 0 aliphatic carbocycles. The number of carbonyl (C=O) groups is 1. The highest BCUT2D eigenvalue weighted by Gasteiger charge is 2.33. The van der Waals surface area contributed by atoms with Crippen LogP contribution in [0.4, 0.5) is 4.79 Å². The second-order valence-corrected chi connectivity index (χ2v) is 15.0. The minimum Gasteiger partial charge on any atom is -0.507 e. The summed E-state index contributed by atoms with van der Waals surface area (Å²) in [5, 5.41) is 9.86. The van der Waals surface area contributed by atoms with Crippen LogP contribution in [-0.4, -0.2) is 76.1 Å². The van der Waals surface area contributed by atoms with Crippen LogP contribution in [0.5, 0.6) is 11.5 Å². The topological polar surface area (TPSA) is 131 Å². The summed E-state index contributed by atoms with van der Waals surface area (Å²) in [6, 6.07) is 8.85. The Balaban J connectivity index is 0.000000312. The number of benzene rings is 2. The number of aromatic hydroxyl groups is 1. The molecule has 0 bridgehead atoms. The molecule has 3 rings (SSSR count). The molecular formula is C22H27Br2ClN2O8S2. The lowest BCUT2D eigenvalue weighted by Gasteiger charge is -2.35. The monoisotopic (exact) mass is 704 g/mol. The summed E-state index contributed by atoms with van der Waals surface area (Å²) in [6.07, 6.45) is -0.454. The van der Waals surface area contributed by atoms with Gasteiger partial charge in [-0.2, -0.15) is 4.31 Å². The molecule has 1 heterocycles. The first-order valence-electron chi connectivity index (χ1n) is 10.7. The fraction of sp³-hybridized carbons (Fsp3) is 0.409. The maximum Gasteiger partial charge on any atom is 0.410 e. The first-order chi connectivity index (χ1) is 17.0. The van der Waals surface area contributed by atoms with Crippen LogP contribution in [0.25, 0.3) is 0 Å². The third kappa shape index (κ3) is 8.99. The number of hydrogen-bond donors (Lipinski definition) is 1. The second-order valence-electron chi connectivity index (χ2n) is 8.72. The molecule has 0 saturated carbocycles. The Morgan fingerprint density at radius 2 is 1.46 bits per heavy atom. The van der Waals surface area contributed by atoms with E-state index in [1.807, 2.05) is 0 Å². The standard InChI is InChI=1S/C15H21BrN2O5S.C7H6BrClO3S/c1-15(2,3)23-14(20)17-6-8-18(9-7-17)24(21,22)13-10-11(16)4-5-12(13)19;1-12-6-3-2-5(8)4-7(6)13(9,10)11/h4-5,10,19H,6-9H2,1-3H3;2-4H,1H3. The lowest BCUT2D eigenvalue weighted by molar-refractivity contribution is 0.0192. The van der Waals surface area contributed by atoms with E-state index < -0.39 is 30.8 Å². The zero-order chi connectivity index (χ0) is 28.2. The van der Waals surface area contributed by atoms with Gasteiger partial charge in [-0.25, -0.2) is 21.6 Å². The van der Waals surface area contributed by atoms with Gasteiger partial charge >= 0.3 is 6.09 Å². The van der Waals surface area contributed by atoms with Crippen LogP contribution < -0.4 is 4.74 Å². The van der Waals surface area contributed by atoms with E-state index in [2.05, 4.69) is 31.9 Å². The van der Waals surface area contributed by atoms with Crippen molar-refractivity contribution in [2.75, 3.05) is 33.3 Å². The van der Waals surface area contributed by atoms with E-state index in [9.17, 15) is 26.7 Å². The molecule has 1 N–H and O–H groups in total. The molecule has 1 fully saturated rings. The number of methoxy groups -OCH3 is 1. The number of nitrogens with zero attached hydrogens (tertiary/aromatic N) is 2. The summed E-state index contributed by atoms with van der Waals surface area (Å²) in [7, 11) is -1.01. The largest absolute Gasteiger partial charge is 0.507 e. The Morgan fingerprint density at radius 1 is 0.946 bits per heavy atom. The molecule has 1 aliphatic heterocycles. The van der Waals surface area contributed by atoms with Crippen LogP contribution in [0, 0.1) is 0 Å². The Morgan fingerprint density at radius 3 is 1.95 bits per heavy atom. The number of rotatable bonds is 4. The van der Waals surface area contributed by atoms with Gasteiger partial charge in [0.15, 0.2) is 0 Å². The first-order valence-corrected chi connectivity index (χ1v) is 16.0. The number of phenolic OH excluding ortho intramolecular Hbond substituents is 1. The average molecular weight is 707 g/mol. The molecule has 15 heteroatoms. The molecular weight excluding hydrogens is 680 g/mol. The van der Waals surface area contributed by atoms with Crippen molar-refractivity contribution in [2.24, 2.45) is 0 Å². The molecule has 206 valence electrons. The predicted molar refractivity (Wildman–Crippen MR) is 146 cm³/mol. The van der Waals surface area contributed by atoms with Gasteiger partial charge in [0.25, 0.3) is 9.05 Å². The Kier molecular flexibility index (Phi) is 10.7. The summed E-state index contributed by atoms with van der Waals surface area (Å²) >= 11 is 6.35. The molecule has 37 heavy (non-hydrogen) atoms. The molecule has 1 saturated heterocycles. The third-order valence-electron chi connectivity index (χ3n) is 4.82. The van der Waals surface area contributed by atoms with E-state index in [1.165, 1.54) is 40.6 Å². The maximum absolute atomic E-state index is 12.7. The molecule has 2 aromatic carbocycles. The minimum atomic E-state index is -3.82. The van der Waals surface area contributed by atoms with Crippen molar-refractivity contribution < 1.29 is 36.2 Å². The number of sulfonamides is 1. The van der Waals surface area contributed by atoms with Crippen molar-refractivity contribution >= 4 is 67.7 Å². The van der Waals surface area contributed by atoms with Crippen molar-refractivity contribution in [1.82, 2.24) is 9.21 Å². The molecule has 0 spiro atoms. The predicted octanol–water partition coefficient (Wildman–Crippen LogP) is 4.78. The van der Waals surface area contributed by atoms with Gasteiger partial charge in [-0.15, -0.1) is 0 Å². The quantitative estimate of drug-likeness (QED) is 0.450. The molecule has 1 amide bonds. The highest BCUT2D eigenvalue weighted by atomic mass is 79.9. The summed E-state index contributed by atoms with van der Waals surface area (Å²) in [5.74, 6) is -0.0639. The van der Waals surface area contributed by atoms with Crippen molar-refractivity contribution in [3.05, 3.63) is 45.3 Å². The summed E-state index contributed by atoms with van der Waals surface area (Å²) in [5.41, 5.74) is -0.595. The number of ether oxygens (including phenoxy) is 2. The number of amides is 1. The molecule has 1 aliphatic rings. The second kappa shape index (κ2) is 12.5. The van der Waals surface area contributed by atoms with Gasteiger partial charge in [-0.3, -0.25) is 0 Å². The van der Waals surface area contributed by atoms with E-state index >= 15 is 0 Å². The van der Waals surface area contributed by atoms with Crippen molar-refractivity contribution in [3.8, 4) is 11.5 Å². The average Bonchev–Trinajstić information content (AvgIpc) is 2.79. The zero-order valence-electron chi connectivity index (χ0n) is 20.4. The summed E-state index contributed by atoms with van der Waals surface area (Å²) in [6.45, 7) is 6.11. The van der Waals surface area contributed by atoms with E-state index in [4.69, 9.17) is 20.2 Å². The van der Waals surface area contributed by atoms with Crippen molar-refractivity contribution in [2.45, 2.75) is 36.2 Å². The van der Waals surface area contributed by atoms with Gasteiger partial charge in [0.2, 0.25) is 10.0 Å². The molecule has 10 nitrogen and oxygen atoms in total. The number of hydrogen-bond acceptors (Lipinski definition) is 8. The molecule has 0 atom stereocenters. The summed E-state index contributed by atoms with van der Waals surface area (Å²) in [4.78, 5) is 13.3. The van der Waals surface area contributed by atoms with Gasteiger partial charge in [0.05, 0.1) is 7.11 Å². The number of carbonyl (C=O) groups excluding carboxylic acids is 1. The van der Waals surface area contributed by atoms with Gasteiger partial charge in [0.1, 0.15) is 26.9 Å². The minimum absolute atomic E-state index is 0.0361. The third-order valence-corrected chi connectivity index (χ3v) is 9.08. The van der Waals surface area contributed by atoms with Crippen LogP contribution in [-0.2, 0) is 23.8 Å². The Hall–Kier alpha value is -1.58. The molecule has 0 radical (unpaired) electrons. The van der Waals surface area contributed by atoms with E-state index in [-0.39, 0.29) is 47.5 Å². The lowest BCUT2D eigenvalue weighted by atomic mass is 10.2. The normalized spacial score (nSPS) is 14.9.